The van der Waals surface area contributed by atoms with E-state index in [0.717, 1.165) is 4.47 Å². The molecule has 0 aliphatic carbocycles. The molecule has 1 amide bonds. The number of benzene rings is 1. The van der Waals surface area contributed by atoms with Gasteiger partial charge in [-0.15, -0.1) is 0 Å². The number of nitrogens with one attached hydrogen (secondary N) is 2. The van der Waals surface area contributed by atoms with Crippen molar-refractivity contribution in [1.29, 1.82) is 0 Å². The number of carbonyl (C=O) groups is 1. The van der Waals surface area contributed by atoms with Crippen molar-refractivity contribution in [2.45, 2.75) is 32.4 Å². The number of ether oxygens (including phenoxy) is 1. The van der Waals surface area contributed by atoms with Gasteiger partial charge in [0, 0.05) is 30.0 Å². The minimum atomic E-state index is -0.609. The predicted octanol–water partition coefficient (Wildman–Crippen LogP) is 1.69. The molecule has 0 radical (unpaired) electrons. The Bertz CT molecular complexity index is 423. The molecular weight excluding hydrogens is 336 g/mol. The van der Waals surface area contributed by atoms with Gasteiger partial charge in [0.15, 0.2) is 0 Å². The number of hydrogen-bond acceptors (Lipinski definition) is 4. The van der Waals surface area contributed by atoms with Crippen LogP contribution in [0, 0.1) is 0 Å². The molecule has 1 unspecified atom stereocenters. The van der Waals surface area contributed by atoms with Crippen molar-refractivity contribution in [1.82, 2.24) is 10.6 Å². The van der Waals surface area contributed by atoms with Crippen molar-refractivity contribution < 1.29 is 14.6 Å². The smallest absolute Gasteiger partial charge is 0.221 e. The van der Waals surface area contributed by atoms with E-state index in [-0.39, 0.29) is 18.6 Å². The van der Waals surface area contributed by atoms with E-state index in [2.05, 4.69) is 26.6 Å². The zero-order chi connectivity index (χ0) is 15.7. The van der Waals surface area contributed by atoms with Crippen LogP contribution in [0.5, 0.6) is 5.75 Å². The van der Waals surface area contributed by atoms with E-state index in [1.165, 1.54) is 0 Å². The summed E-state index contributed by atoms with van der Waals surface area (Å²) in [5, 5.41) is 15.6. The van der Waals surface area contributed by atoms with E-state index in [1.54, 1.807) is 0 Å². The molecule has 1 aromatic rings. The van der Waals surface area contributed by atoms with Crippen LogP contribution >= 0.6 is 15.9 Å². The van der Waals surface area contributed by atoms with Crippen LogP contribution in [0.3, 0.4) is 0 Å². The second-order valence-corrected chi connectivity index (χ2v) is 6.01. The average molecular weight is 359 g/mol. The predicted molar refractivity (Wildman–Crippen MR) is 86.4 cm³/mol. The molecular formula is C15H23BrN2O3. The van der Waals surface area contributed by atoms with Crippen LogP contribution in [0.1, 0.15) is 20.3 Å². The van der Waals surface area contributed by atoms with Gasteiger partial charge in [-0.1, -0.05) is 15.9 Å². The van der Waals surface area contributed by atoms with Crippen molar-refractivity contribution >= 4 is 21.8 Å². The third-order valence-corrected chi connectivity index (χ3v) is 3.14. The Balaban J connectivity index is 2.10. The Labute approximate surface area is 134 Å². The highest BCUT2D eigenvalue weighted by atomic mass is 79.9. The average Bonchev–Trinajstić information content (AvgIpc) is 2.42. The van der Waals surface area contributed by atoms with E-state index in [0.29, 0.717) is 25.3 Å². The van der Waals surface area contributed by atoms with Crippen LogP contribution in [0.15, 0.2) is 28.7 Å². The van der Waals surface area contributed by atoms with Gasteiger partial charge in [0.25, 0.3) is 0 Å². The molecule has 0 heterocycles. The Hall–Kier alpha value is -1.11. The van der Waals surface area contributed by atoms with Crippen LogP contribution in [0.2, 0.25) is 0 Å². The molecule has 1 rings (SSSR count). The van der Waals surface area contributed by atoms with Crippen LogP contribution in [-0.2, 0) is 4.79 Å². The lowest BCUT2D eigenvalue weighted by molar-refractivity contribution is -0.121. The second kappa shape index (κ2) is 9.76. The van der Waals surface area contributed by atoms with E-state index >= 15 is 0 Å². The SMILES string of the molecule is CC(C)NC(=O)CCNCC(O)COc1ccc(Br)cc1. The van der Waals surface area contributed by atoms with Gasteiger partial charge in [0.2, 0.25) is 5.91 Å². The van der Waals surface area contributed by atoms with E-state index in [1.807, 2.05) is 38.1 Å². The van der Waals surface area contributed by atoms with Gasteiger partial charge in [0.1, 0.15) is 18.5 Å². The lowest BCUT2D eigenvalue weighted by Gasteiger charge is -2.13. The summed E-state index contributed by atoms with van der Waals surface area (Å²) in [7, 11) is 0. The molecule has 0 bridgehead atoms. The molecule has 0 saturated heterocycles. The third kappa shape index (κ3) is 8.70. The molecule has 0 fully saturated rings. The Morgan fingerprint density at radius 2 is 2.00 bits per heavy atom. The molecule has 0 aliphatic heterocycles. The van der Waals surface area contributed by atoms with Gasteiger partial charge < -0.3 is 20.5 Å². The second-order valence-electron chi connectivity index (χ2n) is 5.10. The first-order valence-corrected chi connectivity index (χ1v) is 7.83. The van der Waals surface area contributed by atoms with Gasteiger partial charge in [-0.3, -0.25) is 4.79 Å². The fraction of sp³-hybridized carbons (Fsp3) is 0.533. The summed E-state index contributed by atoms with van der Waals surface area (Å²) >= 11 is 3.35. The first-order chi connectivity index (χ1) is 9.97. The van der Waals surface area contributed by atoms with Gasteiger partial charge in [-0.25, -0.2) is 0 Å². The molecule has 1 aromatic carbocycles. The monoisotopic (exact) mass is 358 g/mol. The Kier molecular flexibility index (Phi) is 8.34. The van der Waals surface area contributed by atoms with Gasteiger partial charge in [-0.05, 0) is 38.1 Å². The van der Waals surface area contributed by atoms with Crippen molar-refractivity contribution in [2.24, 2.45) is 0 Å². The molecule has 0 saturated carbocycles. The molecule has 5 nitrogen and oxygen atoms in total. The lowest BCUT2D eigenvalue weighted by Crippen LogP contribution is -2.35. The topological polar surface area (TPSA) is 70.6 Å². The first kappa shape index (κ1) is 17.9. The highest BCUT2D eigenvalue weighted by Crippen LogP contribution is 2.16. The summed E-state index contributed by atoms with van der Waals surface area (Å²) in [6.45, 7) is 5.00. The van der Waals surface area contributed by atoms with Crippen LogP contribution < -0.4 is 15.4 Å². The maximum atomic E-state index is 11.4. The summed E-state index contributed by atoms with van der Waals surface area (Å²) in [5.41, 5.74) is 0. The highest BCUT2D eigenvalue weighted by Gasteiger charge is 2.06. The molecule has 0 aliphatic rings. The number of aliphatic hydroxyl groups excluding tert-OH is 1. The van der Waals surface area contributed by atoms with Crippen LogP contribution in [0.4, 0.5) is 0 Å². The van der Waals surface area contributed by atoms with Gasteiger partial charge >= 0.3 is 0 Å². The number of aliphatic hydroxyl groups is 1. The normalized spacial score (nSPS) is 12.2. The van der Waals surface area contributed by atoms with E-state index < -0.39 is 6.10 Å². The van der Waals surface area contributed by atoms with Crippen LogP contribution in [0.25, 0.3) is 0 Å². The number of amides is 1. The summed E-state index contributed by atoms with van der Waals surface area (Å²) < 4.78 is 6.45. The zero-order valence-corrected chi connectivity index (χ0v) is 14.0. The molecule has 0 aromatic heterocycles. The number of hydrogen-bond donors (Lipinski definition) is 3. The van der Waals surface area contributed by atoms with Crippen LogP contribution in [-0.4, -0.2) is 42.9 Å². The standard InChI is InChI=1S/C15H23BrN2O3/c1-11(2)18-15(20)7-8-17-9-13(19)10-21-14-5-3-12(16)4-6-14/h3-6,11,13,17,19H,7-10H2,1-2H3,(H,18,20). The van der Waals surface area contributed by atoms with Crippen molar-refractivity contribution in [3.63, 3.8) is 0 Å². The van der Waals surface area contributed by atoms with Gasteiger partial charge in [0.05, 0.1) is 0 Å². The summed E-state index contributed by atoms with van der Waals surface area (Å²) in [6, 6.07) is 7.59. The van der Waals surface area contributed by atoms with E-state index in [4.69, 9.17) is 4.74 Å². The minimum Gasteiger partial charge on any atom is -0.491 e. The molecule has 1 atom stereocenters. The third-order valence-electron chi connectivity index (χ3n) is 2.61. The molecule has 3 N–H and O–H groups in total. The zero-order valence-electron chi connectivity index (χ0n) is 12.4. The molecule has 21 heavy (non-hydrogen) atoms. The van der Waals surface area contributed by atoms with Crippen molar-refractivity contribution in [2.75, 3.05) is 19.7 Å². The maximum Gasteiger partial charge on any atom is 0.221 e. The fourth-order valence-corrected chi connectivity index (χ4v) is 1.91. The number of carbonyl (C=O) groups excluding carboxylic acids is 1. The minimum absolute atomic E-state index is 0.0121. The molecule has 0 spiro atoms. The number of halogens is 1. The van der Waals surface area contributed by atoms with Crippen molar-refractivity contribution in [3.8, 4) is 5.75 Å². The first-order valence-electron chi connectivity index (χ1n) is 7.04. The number of rotatable bonds is 9. The molecule has 118 valence electrons. The van der Waals surface area contributed by atoms with Crippen molar-refractivity contribution in [3.05, 3.63) is 28.7 Å². The quantitative estimate of drug-likeness (QED) is 0.587. The largest absolute Gasteiger partial charge is 0.491 e. The summed E-state index contributed by atoms with van der Waals surface area (Å²) in [4.78, 5) is 11.4. The molecule has 6 heteroatoms. The Morgan fingerprint density at radius 3 is 2.62 bits per heavy atom. The lowest BCUT2D eigenvalue weighted by atomic mass is 10.3. The van der Waals surface area contributed by atoms with E-state index in [9.17, 15) is 9.90 Å². The Morgan fingerprint density at radius 1 is 1.33 bits per heavy atom. The fourth-order valence-electron chi connectivity index (χ4n) is 1.65. The van der Waals surface area contributed by atoms with Gasteiger partial charge in [-0.2, -0.15) is 0 Å². The maximum absolute atomic E-state index is 11.4. The highest BCUT2D eigenvalue weighted by molar-refractivity contribution is 9.10. The summed E-state index contributed by atoms with van der Waals surface area (Å²) in [5.74, 6) is 0.728. The summed E-state index contributed by atoms with van der Waals surface area (Å²) in [6.07, 6.45) is -0.208.